The third-order valence-corrected chi connectivity index (χ3v) is 5.68. The second kappa shape index (κ2) is 8.39. The molecular formula is C20H23ClN6O2. The quantitative estimate of drug-likeness (QED) is 0.427. The number of carbonyl (C=O) groups is 1. The minimum absolute atomic E-state index is 0.137. The molecule has 8 nitrogen and oxygen atoms in total. The summed E-state index contributed by atoms with van der Waals surface area (Å²) in [5.74, 6) is 0.640. The van der Waals surface area contributed by atoms with Crippen molar-refractivity contribution in [2.24, 2.45) is 10.1 Å². The highest BCUT2D eigenvalue weighted by Gasteiger charge is 2.41. The van der Waals surface area contributed by atoms with Gasteiger partial charge in [0.1, 0.15) is 0 Å². The molecular weight excluding hydrogens is 392 g/mol. The summed E-state index contributed by atoms with van der Waals surface area (Å²) in [6, 6.07) is 7.27. The lowest BCUT2D eigenvalue weighted by atomic mass is 10.0. The maximum atomic E-state index is 12.4. The number of amides is 1. The van der Waals surface area contributed by atoms with Crippen LogP contribution in [0.15, 0.2) is 34.4 Å². The van der Waals surface area contributed by atoms with Gasteiger partial charge in [0, 0.05) is 43.2 Å². The van der Waals surface area contributed by atoms with Crippen molar-refractivity contribution in [3.8, 4) is 6.19 Å². The second-order valence-corrected chi connectivity index (χ2v) is 7.71. The predicted octanol–water partition coefficient (Wildman–Crippen LogP) is 1.91. The molecule has 2 saturated heterocycles. The fourth-order valence-corrected chi connectivity index (χ4v) is 4.13. The molecule has 1 amide bonds. The highest BCUT2D eigenvalue weighted by Crippen LogP contribution is 2.26. The number of hydrogen-bond donors (Lipinski definition) is 0. The average Bonchev–Trinajstić information content (AvgIpc) is 3.29. The molecule has 0 saturated carbocycles. The van der Waals surface area contributed by atoms with Crippen LogP contribution in [0.1, 0.15) is 25.3 Å². The zero-order valence-electron chi connectivity index (χ0n) is 16.3. The van der Waals surface area contributed by atoms with E-state index in [0.717, 1.165) is 17.7 Å². The molecule has 29 heavy (non-hydrogen) atoms. The van der Waals surface area contributed by atoms with E-state index in [4.69, 9.17) is 21.4 Å². The van der Waals surface area contributed by atoms with Crippen LogP contribution >= 0.6 is 11.6 Å². The standard InChI is InChI=1S/C20H23ClN6O2/c1-2-29-16-10-25(11-16)20(23-13-22)27-12-17(26-9-3-4-18(26)28)19(24-27)14-5-7-15(21)8-6-14/h5-8,16-17H,2-4,9-12H2,1H3. The molecule has 1 aromatic rings. The summed E-state index contributed by atoms with van der Waals surface area (Å²) in [5, 5.41) is 16.4. The van der Waals surface area contributed by atoms with E-state index in [9.17, 15) is 10.1 Å². The molecule has 0 aromatic heterocycles. The van der Waals surface area contributed by atoms with Crippen molar-refractivity contribution in [2.75, 3.05) is 32.8 Å². The largest absolute Gasteiger partial charge is 0.375 e. The van der Waals surface area contributed by atoms with Crippen molar-refractivity contribution in [1.82, 2.24) is 14.8 Å². The predicted molar refractivity (Wildman–Crippen MR) is 109 cm³/mol. The molecule has 0 N–H and O–H groups in total. The summed E-state index contributed by atoms with van der Waals surface area (Å²) in [5.41, 5.74) is 1.71. The van der Waals surface area contributed by atoms with Crippen LogP contribution in [0.5, 0.6) is 0 Å². The van der Waals surface area contributed by atoms with E-state index in [-0.39, 0.29) is 18.1 Å². The first-order valence-corrected chi connectivity index (χ1v) is 10.2. The maximum absolute atomic E-state index is 12.4. The van der Waals surface area contributed by atoms with E-state index in [2.05, 4.69) is 4.99 Å². The minimum atomic E-state index is -0.181. The Balaban J connectivity index is 1.61. The molecule has 1 unspecified atom stereocenters. The highest BCUT2D eigenvalue weighted by molar-refractivity contribution is 6.30. The molecule has 3 heterocycles. The number of likely N-dealkylation sites (tertiary alicyclic amines) is 2. The molecule has 9 heteroatoms. The number of ether oxygens (including phenoxy) is 1. The Morgan fingerprint density at radius 2 is 2.10 bits per heavy atom. The van der Waals surface area contributed by atoms with Crippen LogP contribution in [0.2, 0.25) is 5.02 Å². The number of rotatable bonds is 4. The smallest absolute Gasteiger partial charge is 0.233 e. The molecule has 3 aliphatic heterocycles. The van der Waals surface area contributed by atoms with Crippen molar-refractivity contribution < 1.29 is 9.53 Å². The Kier molecular flexibility index (Phi) is 5.69. The minimum Gasteiger partial charge on any atom is -0.375 e. The number of hydrazone groups is 1. The number of guanidine groups is 1. The lowest BCUT2D eigenvalue weighted by Crippen LogP contribution is -2.58. The van der Waals surface area contributed by atoms with Gasteiger partial charge in [-0.15, -0.1) is 4.99 Å². The summed E-state index contributed by atoms with van der Waals surface area (Å²) in [4.78, 5) is 20.3. The van der Waals surface area contributed by atoms with Gasteiger partial charge < -0.3 is 14.5 Å². The number of hydrogen-bond acceptors (Lipinski definition) is 5. The van der Waals surface area contributed by atoms with Crippen molar-refractivity contribution in [1.29, 1.82) is 5.26 Å². The third kappa shape index (κ3) is 3.93. The lowest BCUT2D eigenvalue weighted by molar-refractivity contribution is -0.128. The van der Waals surface area contributed by atoms with Gasteiger partial charge in [-0.1, -0.05) is 23.7 Å². The fourth-order valence-electron chi connectivity index (χ4n) is 4.01. The molecule has 4 rings (SSSR count). The van der Waals surface area contributed by atoms with Gasteiger partial charge in [-0.05, 0) is 25.5 Å². The van der Waals surface area contributed by atoms with Gasteiger partial charge in [0.25, 0.3) is 0 Å². The van der Waals surface area contributed by atoms with E-state index in [0.29, 0.717) is 50.2 Å². The van der Waals surface area contributed by atoms with E-state index in [1.165, 1.54) is 0 Å². The van der Waals surface area contributed by atoms with E-state index in [1.54, 1.807) is 5.01 Å². The number of nitrogens with zero attached hydrogens (tertiary/aromatic N) is 6. The van der Waals surface area contributed by atoms with E-state index >= 15 is 0 Å². The molecule has 3 aliphatic rings. The van der Waals surface area contributed by atoms with Gasteiger partial charge in [0.05, 0.1) is 24.4 Å². The van der Waals surface area contributed by atoms with Gasteiger partial charge in [-0.2, -0.15) is 10.4 Å². The Hall–Kier alpha value is -2.63. The summed E-state index contributed by atoms with van der Waals surface area (Å²) in [7, 11) is 0. The van der Waals surface area contributed by atoms with Crippen LogP contribution in [0.3, 0.4) is 0 Å². The van der Waals surface area contributed by atoms with Gasteiger partial charge in [0.2, 0.25) is 18.1 Å². The van der Waals surface area contributed by atoms with Gasteiger partial charge in [-0.25, -0.2) is 5.01 Å². The van der Waals surface area contributed by atoms with Crippen LogP contribution in [-0.4, -0.2) is 77.3 Å². The van der Waals surface area contributed by atoms with Crippen LogP contribution in [0.25, 0.3) is 0 Å². The second-order valence-electron chi connectivity index (χ2n) is 7.27. The lowest BCUT2D eigenvalue weighted by Gasteiger charge is -2.41. The normalized spacial score (nSPS) is 22.7. The molecule has 0 radical (unpaired) electrons. The Labute approximate surface area is 175 Å². The van der Waals surface area contributed by atoms with Gasteiger partial charge >= 0.3 is 0 Å². The topological polar surface area (TPSA) is 84.5 Å². The zero-order valence-corrected chi connectivity index (χ0v) is 17.0. The zero-order chi connectivity index (χ0) is 20.4. The fraction of sp³-hybridized carbons (Fsp3) is 0.500. The average molecular weight is 415 g/mol. The monoisotopic (exact) mass is 414 g/mol. The number of halogens is 1. The van der Waals surface area contributed by atoms with Crippen molar-refractivity contribution >= 4 is 29.2 Å². The van der Waals surface area contributed by atoms with Gasteiger partial charge in [-0.3, -0.25) is 4.79 Å². The number of aliphatic imine (C=N–C) groups is 1. The molecule has 0 aliphatic carbocycles. The summed E-state index contributed by atoms with van der Waals surface area (Å²) < 4.78 is 5.62. The SMILES string of the molecule is CCOC1CN(C(=NC#N)N2CC(N3CCCC3=O)C(c3ccc(Cl)cc3)=N2)C1. The molecule has 152 valence electrons. The highest BCUT2D eigenvalue weighted by atomic mass is 35.5. The first kappa shape index (κ1) is 19.7. The molecule has 0 spiro atoms. The molecule has 2 fully saturated rings. The van der Waals surface area contributed by atoms with Crippen molar-refractivity contribution in [3.63, 3.8) is 0 Å². The van der Waals surface area contributed by atoms with Crippen LogP contribution in [-0.2, 0) is 9.53 Å². The van der Waals surface area contributed by atoms with Crippen LogP contribution in [0, 0.1) is 11.5 Å². The summed E-state index contributed by atoms with van der Waals surface area (Å²) in [6.45, 7) is 5.15. The summed E-state index contributed by atoms with van der Waals surface area (Å²) in [6.07, 6.45) is 3.45. The molecule has 0 bridgehead atoms. The van der Waals surface area contributed by atoms with Crippen molar-refractivity contribution in [2.45, 2.75) is 31.9 Å². The number of carbonyl (C=O) groups excluding carboxylic acids is 1. The molecule has 1 aromatic carbocycles. The number of benzene rings is 1. The van der Waals surface area contributed by atoms with Crippen molar-refractivity contribution in [3.05, 3.63) is 34.9 Å². The Morgan fingerprint density at radius 1 is 1.34 bits per heavy atom. The first-order chi connectivity index (χ1) is 14.1. The Morgan fingerprint density at radius 3 is 2.72 bits per heavy atom. The first-order valence-electron chi connectivity index (χ1n) is 9.85. The number of nitriles is 1. The maximum Gasteiger partial charge on any atom is 0.233 e. The Bertz CT molecular complexity index is 872. The molecule has 1 atom stereocenters. The van der Waals surface area contributed by atoms with Gasteiger partial charge in [0.15, 0.2) is 0 Å². The van der Waals surface area contributed by atoms with Crippen LogP contribution < -0.4 is 0 Å². The van der Waals surface area contributed by atoms with E-state index in [1.807, 2.05) is 47.2 Å². The summed E-state index contributed by atoms with van der Waals surface area (Å²) >= 11 is 6.04. The third-order valence-electron chi connectivity index (χ3n) is 5.43. The van der Waals surface area contributed by atoms with E-state index < -0.39 is 0 Å². The van der Waals surface area contributed by atoms with Crippen LogP contribution in [0.4, 0.5) is 0 Å².